The number of carbonyl (C=O) groups is 3. The molecule has 1 aromatic heterocycles. The van der Waals surface area contributed by atoms with Gasteiger partial charge in [0, 0.05) is 16.7 Å². The highest BCUT2D eigenvalue weighted by Crippen LogP contribution is 2.37. The van der Waals surface area contributed by atoms with Crippen molar-refractivity contribution in [2.45, 2.75) is 20.1 Å². The minimum atomic E-state index is -0.660. The standard InChI is InChI=1S/C26H23ClN2O7/c1-15-4-6-16(7-5-15)14-35-23-17(10-18(27)12-22(23)33-2)11-20-24(30)29(26(32)28-20)13-19-8-9-21(36-19)25(31)34-3/h4-12H,13-14H2,1-3H3,(H,28,32)/b20-11-. The van der Waals surface area contributed by atoms with Gasteiger partial charge in [0.05, 0.1) is 20.8 Å². The van der Waals surface area contributed by atoms with Crippen molar-refractivity contribution in [2.24, 2.45) is 0 Å². The lowest BCUT2D eigenvalue weighted by atomic mass is 10.1. The van der Waals surface area contributed by atoms with Crippen LogP contribution in [0.25, 0.3) is 6.08 Å². The monoisotopic (exact) mass is 510 g/mol. The lowest BCUT2D eigenvalue weighted by Crippen LogP contribution is -2.30. The molecule has 3 aromatic rings. The summed E-state index contributed by atoms with van der Waals surface area (Å²) in [5, 5.41) is 2.92. The Morgan fingerprint density at radius 3 is 2.56 bits per heavy atom. The molecule has 0 saturated carbocycles. The van der Waals surface area contributed by atoms with Crippen molar-refractivity contribution >= 4 is 35.6 Å². The fraction of sp³-hybridized carbons (Fsp3) is 0.192. The zero-order valence-electron chi connectivity index (χ0n) is 19.8. The number of nitrogens with zero attached hydrogens (tertiary/aromatic N) is 1. The van der Waals surface area contributed by atoms with E-state index in [0.717, 1.165) is 16.0 Å². The van der Waals surface area contributed by atoms with Crippen LogP contribution >= 0.6 is 11.6 Å². The number of amides is 3. The van der Waals surface area contributed by atoms with Gasteiger partial charge < -0.3 is 23.9 Å². The van der Waals surface area contributed by atoms with Gasteiger partial charge in [-0.25, -0.2) is 9.59 Å². The number of hydrogen-bond donors (Lipinski definition) is 1. The molecule has 4 rings (SSSR count). The van der Waals surface area contributed by atoms with Crippen LogP contribution in [0.15, 0.2) is 58.6 Å². The largest absolute Gasteiger partial charge is 0.493 e. The van der Waals surface area contributed by atoms with E-state index in [1.54, 1.807) is 12.1 Å². The second-order valence-electron chi connectivity index (χ2n) is 7.94. The zero-order chi connectivity index (χ0) is 25.8. The summed E-state index contributed by atoms with van der Waals surface area (Å²) >= 11 is 6.26. The van der Waals surface area contributed by atoms with Gasteiger partial charge in [0.1, 0.15) is 18.1 Å². The van der Waals surface area contributed by atoms with Gasteiger partial charge in [0.15, 0.2) is 11.5 Å². The van der Waals surface area contributed by atoms with Crippen LogP contribution in [0, 0.1) is 6.92 Å². The maximum Gasteiger partial charge on any atom is 0.373 e. The number of esters is 1. The van der Waals surface area contributed by atoms with Crippen molar-refractivity contribution < 1.29 is 33.0 Å². The summed E-state index contributed by atoms with van der Waals surface area (Å²) in [4.78, 5) is 38.1. The molecular weight excluding hydrogens is 488 g/mol. The number of rotatable bonds is 8. The van der Waals surface area contributed by atoms with Gasteiger partial charge in [0.2, 0.25) is 5.76 Å². The fourth-order valence-corrected chi connectivity index (χ4v) is 3.76. The predicted octanol–water partition coefficient (Wildman–Crippen LogP) is 4.71. The van der Waals surface area contributed by atoms with Crippen LogP contribution in [0.3, 0.4) is 0 Å². The number of benzene rings is 2. The molecule has 1 saturated heterocycles. The van der Waals surface area contributed by atoms with Crippen LogP contribution in [0.5, 0.6) is 11.5 Å². The molecule has 3 amide bonds. The molecule has 0 radical (unpaired) electrons. The van der Waals surface area contributed by atoms with E-state index < -0.39 is 17.9 Å². The number of furan rings is 1. The molecule has 9 nitrogen and oxygen atoms in total. The van der Waals surface area contributed by atoms with Gasteiger partial charge in [-0.05, 0) is 36.8 Å². The van der Waals surface area contributed by atoms with Crippen LogP contribution < -0.4 is 14.8 Å². The van der Waals surface area contributed by atoms with E-state index in [1.807, 2.05) is 31.2 Å². The highest BCUT2D eigenvalue weighted by atomic mass is 35.5. The number of carbonyl (C=O) groups excluding carboxylic acids is 3. The second-order valence-corrected chi connectivity index (χ2v) is 8.37. The zero-order valence-corrected chi connectivity index (χ0v) is 20.5. The molecule has 0 aliphatic carbocycles. The van der Waals surface area contributed by atoms with E-state index in [2.05, 4.69) is 10.1 Å². The number of urea groups is 1. The predicted molar refractivity (Wildman–Crippen MR) is 131 cm³/mol. The van der Waals surface area contributed by atoms with Crippen molar-refractivity contribution in [1.82, 2.24) is 10.2 Å². The summed E-state index contributed by atoms with van der Waals surface area (Å²) in [7, 11) is 2.71. The van der Waals surface area contributed by atoms with Gasteiger partial charge in [-0.2, -0.15) is 0 Å². The third kappa shape index (κ3) is 5.36. The number of nitrogens with one attached hydrogen (secondary N) is 1. The Hall–Kier alpha value is -4.24. The summed E-state index contributed by atoms with van der Waals surface area (Å²) in [5.74, 6) is -0.291. The third-order valence-electron chi connectivity index (χ3n) is 5.40. The van der Waals surface area contributed by atoms with Gasteiger partial charge in [-0.3, -0.25) is 9.69 Å². The highest BCUT2D eigenvalue weighted by Gasteiger charge is 2.34. The van der Waals surface area contributed by atoms with Crippen LogP contribution in [-0.2, 0) is 22.7 Å². The van der Waals surface area contributed by atoms with Crippen molar-refractivity contribution in [3.8, 4) is 11.5 Å². The van der Waals surface area contributed by atoms with E-state index in [0.29, 0.717) is 22.1 Å². The Morgan fingerprint density at radius 2 is 1.86 bits per heavy atom. The van der Waals surface area contributed by atoms with Crippen LogP contribution in [0.4, 0.5) is 4.79 Å². The molecule has 0 bridgehead atoms. The van der Waals surface area contributed by atoms with E-state index in [-0.39, 0.29) is 30.4 Å². The molecule has 0 spiro atoms. The van der Waals surface area contributed by atoms with E-state index in [1.165, 1.54) is 32.4 Å². The molecule has 1 aliphatic heterocycles. The first-order valence-electron chi connectivity index (χ1n) is 10.9. The molecule has 0 atom stereocenters. The summed E-state index contributed by atoms with van der Waals surface area (Å²) < 4.78 is 21.5. The van der Waals surface area contributed by atoms with E-state index in [4.69, 9.17) is 25.5 Å². The van der Waals surface area contributed by atoms with E-state index >= 15 is 0 Å². The number of ether oxygens (including phenoxy) is 3. The molecule has 2 aromatic carbocycles. The molecule has 36 heavy (non-hydrogen) atoms. The Bertz CT molecular complexity index is 1340. The highest BCUT2D eigenvalue weighted by molar-refractivity contribution is 6.31. The maximum absolute atomic E-state index is 13.0. The Labute approximate surface area is 212 Å². The van der Waals surface area contributed by atoms with E-state index in [9.17, 15) is 14.4 Å². The third-order valence-corrected chi connectivity index (χ3v) is 5.61. The fourth-order valence-electron chi connectivity index (χ4n) is 3.54. The lowest BCUT2D eigenvalue weighted by molar-refractivity contribution is -0.123. The van der Waals surface area contributed by atoms with Gasteiger partial charge in [-0.15, -0.1) is 0 Å². The Morgan fingerprint density at radius 1 is 1.11 bits per heavy atom. The van der Waals surface area contributed by atoms with Crippen molar-refractivity contribution in [3.63, 3.8) is 0 Å². The first kappa shape index (κ1) is 24.9. The maximum atomic E-state index is 13.0. The molecule has 10 heteroatoms. The molecule has 0 unspecified atom stereocenters. The normalized spacial score (nSPS) is 14.2. The van der Waals surface area contributed by atoms with Crippen molar-refractivity contribution in [1.29, 1.82) is 0 Å². The average Bonchev–Trinajstić information content (AvgIpc) is 3.44. The topological polar surface area (TPSA) is 107 Å². The number of hydrogen-bond acceptors (Lipinski definition) is 7. The second kappa shape index (κ2) is 10.6. The first-order chi connectivity index (χ1) is 17.3. The smallest absolute Gasteiger partial charge is 0.373 e. The summed E-state index contributed by atoms with van der Waals surface area (Å²) in [6.45, 7) is 2.08. The number of methoxy groups -OCH3 is 2. The van der Waals surface area contributed by atoms with Crippen LogP contribution in [-0.4, -0.2) is 37.0 Å². The van der Waals surface area contributed by atoms with Crippen molar-refractivity contribution in [2.75, 3.05) is 14.2 Å². The summed E-state index contributed by atoms with van der Waals surface area (Å²) in [6, 6.07) is 13.3. The Kier molecular flexibility index (Phi) is 7.30. The Balaban J connectivity index is 1.59. The van der Waals surface area contributed by atoms with Crippen LogP contribution in [0.1, 0.15) is 33.0 Å². The molecular formula is C26H23ClN2O7. The minimum Gasteiger partial charge on any atom is -0.493 e. The SMILES string of the molecule is COC(=O)c1ccc(CN2C(=O)N/C(=C\c3cc(Cl)cc(OC)c3OCc3ccc(C)cc3)C2=O)o1. The average molecular weight is 511 g/mol. The molecule has 2 heterocycles. The first-order valence-corrected chi connectivity index (χ1v) is 11.2. The lowest BCUT2D eigenvalue weighted by Gasteiger charge is -2.15. The molecule has 1 N–H and O–H groups in total. The molecule has 1 aliphatic rings. The molecule has 186 valence electrons. The number of imide groups is 1. The van der Waals surface area contributed by atoms with Crippen LogP contribution in [0.2, 0.25) is 5.02 Å². The molecule has 1 fully saturated rings. The minimum absolute atomic E-state index is 0.0178. The number of halogens is 1. The quantitative estimate of drug-likeness (QED) is 0.265. The summed E-state index contributed by atoms with van der Waals surface area (Å²) in [5.41, 5.74) is 2.54. The van der Waals surface area contributed by atoms with Gasteiger partial charge in [0.25, 0.3) is 5.91 Å². The number of aryl methyl sites for hydroxylation is 1. The van der Waals surface area contributed by atoms with Gasteiger partial charge >= 0.3 is 12.0 Å². The summed E-state index contributed by atoms with van der Waals surface area (Å²) in [6.07, 6.45) is 1.47. The van der Waals surface area contributed by atoms with Gasteiger partial charge in [-0.1, -0.05) is 41.4 Å². The van der Waals surface area contributed by atoms with Crippen molar-refractivity contribution in [3.05, 3.63) is 87.5 Å².